The molecule has 0 bridgehead atoms. The molecule has 264 valence electrons. The summed E-state index contributed by atoms with van der Waals surface area (Å²) in [5, 5.41) is 13.6. The van der Waals surface area contributed by atoms with Crippen molar-refractivity contribution in [2.45, 2.75) is 50.9 Å². The molecule has 3 aliphatic heterocycles. The van der Waals surface area contributed by atoms with E-state index in [1.807, 2.05) is 53.4 Å². The topological polar surface area (TPSA) is 138 Å². The second-order valence-electron chi connectivity index (χ2n) is 13.1. The molecule has 11 nitrogen and oxygen atoms in total. The summed E-state index contributed by atoms with van der Waals surface area (Å²) in [6, 6.07) is 15.7. The molecule has 2 atom stereocenters. The van der Waals surface area contributed by atoms with Gasteiger partial charge in [0.2, 0.25) is 11.8 Å². The van der Waals surface area contributed by atoms with Crippen LogP contribution in [0.25, 0.3) is 33.6 Å². The smallest absolute Gasteiger partial charge is 0.256 e. The quantitative estimate of drug-likeness (QED) is 0.142. The first kappa shape index (κ1) is 34.9. The second kappa shape index (κ2) is 15.4. The predicted molar refractivity (Wildman–Crippen MR) is 197 cm³/mol. The van der Waals surface area contributed by atoms with Gasteiger partial charge in [-0.25, -0.2) is 0 Å². The van der Waals surface area contributed by atoms with E-state index in [1.165, 1.54) is 0 Å². The third kappa shape index (κ3) is 7.57. The van der Waals surface area contributed by atoms with Crippen LogP contribution in [0.2, 0.25) is 10.0 Å². The van der Waals surface area contributed by atoms with Crippen LogP contribution in [0.3, 0.4) is 0 Å². The number of pyridine rings is 2. The zero-order valence-electron chi connectivity index (χ0n) is 28.2. The maximum atomic E-state index is 13.1. The molecule has 51 heavy (non-hydrogen) atoms. The number of methoxy groups -OCH3 is 1. The lowest BCUT2D eigenvalue weighted by atomic mass is 9.98. The van der Waals surface area contributed by atoms with Gasteiger partial charge in [-0.2, -0.15) is 0 Å². The minimum absolute atomic E-state index is 0.0454. The SMILES string of the molecule is COc1cc(-c2nccc(-c3cccc(-c4cc5c(cn4)C(=O)N(CCNC[C@H]4CCC(=O)N4)C5)c3Cl)c2Cl)ccc1CNC[C@H]1CCC(=O)N1. The maximum absolute atomic E-state index is 13.1. The minimum atomic E-state index is -0.0454. The van der Waals surface area contributed by atoms with E-state index in [4.69, 9.17) is 27.9 Å². The standard InChI is InChI=1S/C38H39Cl2N7O4/c1-51-32-16-22(5-6-23(32)17-42-19-26-8-10-34(49)46-26)37-36(40)28(11-12-43-37)27-3-2-4-29(35(27)39)31-15-24-21-47(38(50)30(24)20-44-31)14-13-41-18-25-7-9-33(48)45-25/h2-6,11-12,15-16,20,25-26,41-42H,7-10,13-14,17-19,21H2,1H3,(H,45,48)(H,46,49)/t25-,26-/m1/s1. The van der Waals surface area contributed by atoms with Gasteiger partial charge in [-0.3, -0.25) is 24.4 Å². The van der Waals surface area contributed by atoms with Crippen LogP contribution in [-0.4, -0.2) is 78.0 Å². The Hall–Kier alpha value is -4.55. The molecule has 5 heterocycles. The summed E-state index contributed by atoms with van der Waals surface area (Å²) in [6.07, 6.45) is 6.15. The van der Waals surface area contributed by atoms with Gasteiger partial charge in [0.15, 0.2) is 0 Å². The minimum Gasteiger partial charge on any atom is -0.496 e. The number of hydrogen-bond donors (Lipinski definition) is 4. The van der Waals surface area contributed by atoms with Crippen molar-refractivity contribution in [1.82, 2.24) is 36.1 Å². The molecule has 4 N–H and O–H groups in total. The number of rotatable bonds is 13. The van der Waals surface area contributed by atoms with Crippen LogP contribution >= 0.6 is 23.2 Å². The van der Waals surface area contributed by atoms with Crippen LogP contribution in [0.4, 0.5) is 0 Å². The fourth-order valence-electron chi connectivity index (χ4n) is 6.96. The molecule has 0 unspecified atom stereocenters. The summed E-state index contributed by atoms with van der Waals surface area (Å²) < 4.78 is 5.73. The van der Waals surface area contributed by atoms with Gasteiger partial charge < -0.3 is 30.9 Å². The van der Waals surface area contributed by atoms with Crippen molar-refractivity contribution in [2.75, 3.05) is 33.3 Å². The number of fused-ring (bicyclic) bond motifs is 1. The predicted octanol–water partition coefficient (Wildman–Crippen LogP) is 4.99. The highest BCUT2D eigenvalue weighted by atomic mass is 35.5. The Balaban J connectivity index is 1.05. The van der Waals surface area contributed by atoms with Gasteiger partial charge in [0.05, 0.1) is 34.1 Å². The number of nitrogens with one attached hydrogen (secondary N) is 4. The van der Waals surface area contributed by atoms with Gasteiger partial charge in [-0.05, 0) is 36.6 Å². The molecule has 3 aliphatic rings. The summed E-state index contributed by atoms with van der Waals surface area (Å²) in [5.41, 5.74) is 6.72. The first-order valence-corrected chi connectivity index (χ1v) is 17.9. The van der Waals surface area contributed by atoms with E-state index in [2.05, 4.69) is 31.2 Å². The van der Waals surface area contributed by atoms with Crippen molar-refractivity contribution in [3.8, 4) is 39.4 Å². The van der Waals surface area contributed by atoms with Crippen LogP contribution in [0.1, 0.15) is 47.2 Å². The van der Waals surface area contributed by atoms with E-state index in [0.717, 1.165) is 46.2 Å². The van der Waals surface area contributed by atoms with Crippen LogP contribution in [-0.2, 0) is 22.7 Å². The maximum Gasteiger partial charge on any atom is 0.256 e. The summed E-state index contributed by atoms with van der Waals surface area (Å²) >= 11 is 14.2. The van der Waals surface area contributed by atoms with Crippen LogP contribution in [0.5, 0.6) is 5.75 Å². The van der Waals surface area contributed by atoms with E-state index < -0.39 is 0 Å². The Bertz CT molecular complexity index is 1990. The van der Waals surface area contributed by atoms with Crippen LogP contribution in [0, 0.1) is 0 Å². The molecule has 0 spiro atoms. The van der Waals surface area contributed by atoms with Gasteiger partial charge in [0.25, 0.3) is 5.91 Å². The van der Waals surface area contributed by atoms with Crippen molar-refractivity contribution in [3.05, 3.63) is 87.7 Å². The fourth-order valence-corrected chi connectivity index (χ4v) is 7.60. The summed E-state index contributed by atoms with van der Waals surface area (Å²) in [6.45, 7) is 3.62. The number of carbonyl (C=O) groups excluding carboxylic acids is 3. The molecule has 2 saturated heterocycles. The summed E-state index contributed by atoms with van der Waals surface area (Å²) in [4.78, 5) is 47.2. The van der Waals surface area contributed by atoms with Crippen LogP contribution < -0.4 is 26.0 Å². The second-order valence-corrected chi connectivity index (χ2v) is 13.9. The average molecular weight is 729 g/mol. The third-order valence-electron chi connectivity index (χ3n) is 9.71. The molecule has 2 aromatic heterocycles. The molecule has 0 saturated carbocycles. The van der Waals surface area contributed by atoms with Crippen molar-refractivity contribution in [3.63, 3.8) is 0 Å². The number of carbonyl (C=O) groups is 3. The first-order valence-electron chi connectivity index (χ1n) is 17.2. The molecule has 3 amide bonds. The highest BCUT2D eigenvalue weighted by Crippen LogP contribution is 2.42. The van der Waals surface area contributed by atoms with Gasteiger partial charge in [-0.1, -0.05) is 53.5 Å². The summed E-state index contributed by atoms with van der Waals surface area (Å²) in [5.74, 6) is 0.849. The average Bonchev–Trinajstić information content (AvgIpc) is 3.84. The molecular formula is C38H39Cl2N7O4. The lowest BCUT2D eigenvalue weighted by molar-refractivity contribution is -0.120. The molecule has 0 radical (unpaired) electrons. The van der Waals surface area contributed by atoms with Gasteiger partial charge in [-0.15, -0.1) is 0 Å². The van der Waals surface area contributed by atoms with E-state index in [0.29, 0.717) is 84.9 Å². The number of amides is 3. The number of aromatic nitrogens is 2. The largest absolute Gasteiger partial charge is 0.496 e. The van der Waals surface area contributed by atoms with Gasteiger partial charge >= 0.3 is 0 Å². The number of hydrogen-bond acceptors (Lipinski definition) is 8. The number of benzene rings is 2. The van der Waals surface area contributed by atoms with E-state index in [1.54, 1.807) is 19.5 Å². The number of halogens is 2. The lowest BCUT2D eigenvalue weighted by Gasteiger charge is -2.17. The first-order chi connectivity index (χ1) is 24.8. The number of ether oxygens (including phenoxy) is 1. The molecular weight excluding hydrogens is 689 g/mol. The number of nitrogens with zero attached hydrogens (tertiary/aromatic N) is 3. The Morgan fingerprint density at radius 2 is 1.59 bits per heavy atom. The van der Waals surface area contributed by atoms with Crippen LogP contribution in [0.15, 0.2) is 60.9 Å². The fraction of sp³-hybridized carbons (Fsp3) is 0.342. The van der Waals surface area contributed by atoms with Crippen molar-refractivity contribution in [2.24, 2.45) is 0 Å². The normalized spacial score (nSPS) is 18.3. The van der Waals surface area contributed by atoms with E-state index in [9.17, 15) is 14.4 Å². The molecule has 7 rings (SSSR count). The highest BCUT2D eigenvalue weighted by molar-refractivity contribution is 6.39. The molecule has 13 heteroatoms. The molecule has 0 aliphatic carbocycles. The highest BCUT2D eigenvalue weighted by Gasteiger charge is 2.29. The van der Waals surface area contributed by atoms with Crippen molar-refractivity contribution >= 4 is 40.9 Å². The third-order valence-corrected chi connectivity index (χ3v) is 10.5. The lowest BCUT2D eigenvalue weighted by Crippen LogP contribution is -2.39. The Morgan fingerprint density at radius 3 is 2.31 bits per heavy atom. The molecule has 2 aromatic carbocycles. The molecule has 4 aromatic rings. The summed E-state index contributed by atoms with van der Waals surface area (Å²) in [7, 11) is 1.63. The van der Waals surface area contributed by atoms with Gasteiger partial charge in [0, 0.05) is 104 Å². The zero-order chi connectivity index (χ0) is 35.5. The van der Waals surface area contributed by atoms with Gasteiger partial charge in [0.1, 0.15) is 5.75 Å². The molecule has 2 fully saturated rings. The van der Waals surface area contributed by atoms with Crippen molar-refractivity contribution in [1.29, 1.82) is 0 Å². The van der Waals surface area contributed by atoms with E-state index >= 15 is 0 Å². The van der Waals surface area contributed by atoms with Crippen molar-refractivity contribution < 1.29 is 19.1 Å². The Labute approximate surface area is 306 Å². The zero-order valence-corrected chi connectivity index (χ0v) is 29.7. The monoisotopic (exact) mass is 727 g/mol. The van der Waals surface area contributed by atoms with E-state index in [-0.39, 0.29) is 29.8 Å². The Kier molecular flexibility index (Phi) is 10.5. The Morgan fingerprint density at radius 1 is 0.863 bits per heavy atom.